The molecular weight excluding hydrogens is 234 g/mol. The third-order valence-corrected chi connectivity index (χ3v) is 3.17. The van der Waals surface area contributed by atoms with E-state index < -0.39 is 0 Å². The third-order valence-electron chi connectivity index (χ3n) is 3.17. The van der Waals surface area contributed by atoms with E-state index in [9.17, 15) is 0 Å². The minimum Gasteiger partial charge on any atom is -0.370 e. The van der Waals surface area contributed by atoms with Crippen molar-refractivity contribution in [3.8, 4) is 0 Å². The molecule has 0 aliphatic rings. The zero-order chi connectivity index (χ0) is 14.3. The van der Waals surface area contributed by atoms with Gasteiger partial charge in [-0.1, -0.05) is 19.1 Å². The predicted octanol–water partition coefficient (Wildman–Crippen LogP) is 2.35. The van der Waals surface area contributed by atoms with Crippen LogP contribution in [0.2, 0.25) is 0 Å². The maximum Gasteiger partial charge on any atom is 0.0366 e. The van der Waals surface area contributed by atoms with E-state index in [4.69, 9.17) is 5.73 Å². The molecule has 0 aliphatic heterocycles. The molecule has 2 N–H and O–H groups in total. The van der Waals surface area contributed by atoms with E-state index >= 15 is 0 Å². The van der Waals surface area contributed by atoms with Gasteiger partial charge in [-0.15, -0.1) is 0 Å². The zero-order valence-electron chi connectivity index (χ0n) is 12.9. The summed E-state index contributed by atoms with van der Waals surface area (Å²) in [5.74, 6) is 0. The highest BCUT2D eigenvalue weighted by atomic mass is 15.2. The molecule has 108 valence electrons. The number of benzene rings is 1. The Morgan fingerprint density at radius 1 is 1.05 bits per heavy atom. The molecule has 0 amide bonds. The summed E-state index contributed by atoms with van der Waals surface area (Å²) in [5.41, 5.74) is 8.47. The standard InChI is InChI=1S/C16H29N3/c1-5-10-19(12-11-18(3)4)16-8-6-15(7-9-16)13-14(2)17/h6-9,14H,5,10-13,17H2,1-4H3. The normalized spacial score (nSPS) is 12.7. The van der Waals surface area contributed by atoms with Gasteiger partial charge in [-0.05, 0) is 51.6 Å². The number of nitrogens with two attached hydrogens (primary N) is 1. The molecule has 1 rings (SSSR count). The Hall–Kier alpha value is -1.06. The van der Waals surface area contributed by atoms with Crippen molar-refractivity contribution in [3.05, 3.63) is 29.8 Å². The van der Waals surface area contributed by atoms with Gasteiger partial charge < -0.3 is 15.5 Å². The summed E-state index contributed by atoms with van der Waals surface area (Å²) in [6, 6.07) is 9.09. The lowest BCUT2D eigenvalue weighted by Gasteiger charge is -2.26. The first-order chi connectivity index (χ1) is 9.02. The first-order valence-electron chi connectivity index (χ1n) is 7.27. The van der Waals surface area contributed by atoms with Gasteiger partial charge in [0.1, 0.15) is 0 Å². The molecule has 0 radical (unpaired) electrons. The molecule has 0 fully saturated rings. The number of nitrogens with zero attached hydrogens (tertiary/aromatic N) is 2. The maximum atomic E-state index is 5.84. The highest BCUT2D eigenvalue weighted by Gasteiger charge is 2.06. The minimum atomic E-state index is 0.228. The Balaban J connectivity index is 2.67. The molecule has 1 aromatic carbocycles. The molecular formula is C16H29N3. The molecule has 0 bridgehead atoms. The molecule has 3 heteroatoms. The van der Waals surface area contributed by atoms with Gasteiger partial charge in [0, 0.05) is 31.4 Å². The lowest BCUT2D eigenvalue weighted by molar-refractivity contribution is 0.413. The van der Waals surface area contributed by atoms with Crippen molar-refractivity contribution < 1.29 is 0 Å². The summed E-state index contributed by atoms with van der Waals surface area (Å²) in [4.78, 5) is 4.68. The van der Waals surface area contributed by atoms with Gasteiger partial charge in [-0.2, -0.15) is 0 Å². The monoisotopic (exact) mass is 263 g/mol. The van der Waals surface area contributed by atoms with Crippen LogP contribution in [0.5, 0.6) is 0 Å². The fourth-order valence-corrected chi connectivity index (χ4v) is 2.18. The van der Waals surface area contributed by atoms with Crippen molar-refractivity contribution in [1.29, 1.82) is 0 Å². The van der Waals surface area contributed by atoms with Gasteiger partial charge in [-0.3, -0.25) is 0 Å². The first-order valence-corrected chi connectivity index (χ1v) is 7.27. The van der Waals surface area contributed by atoms with Crippen molar-refractivity contribution in [2.24, 2.45) is 5.73 Å². The summed E-state index contributed by atoms with van der Waals surface area (Å²) in [6.07, 6.45) is 2.13. The first kappa shape index (κ1) is 16.0. The summed E-state index contributed by atoms with van der Waals surface area (Å²) >= 11 is 0. The Bertz CT molecular complexity index is 344. The molecule has 0 aromatic heterocycles. The van der Waals surface area contributed by atoms with Crippen molar-refractivity contribution >= 4 is 5.69 Å². The fourth-order valence-electron chi connectivity index (χ4n) is 2.18. The SMILES string of the molecule is CCCN(CCN(C)C)c1ccc(CC(C)N)cc1. The molecule has 1 atom stereocenters. The summed E-state index contributed by atoms with van der Waals surface area (Å²) < 4.78 is 0. The highest BCUT2D eigenvalue weighted by molar-refractivity contribution is 5.47. The van der Waals surface area contributed by atoms with Gasteiger partial charge in [0.05, 0.1) is 0 Å². The number of anilines is 1. The quantitative estimate of drug-likeness (QED) is 0.781. The second kappa shape index (κ2) is 8.18. The van der Waals surface area contributed by atoms with Crippen LogP contribution in [0, 0.1) is 0 Å². The van der Waals surface area contributed by atoms with Crippen molar-refractivity contribution in [2.75, 3.05) is 38.6 Å². The topological polar surface area (TPSA) is 32.5 Å². The molecule has 19 heavy (non-hydrogen) atoms. The highest BCUT2D eigenvalue weighted by Crippen LogP contribution is 2.16. The molecule has 0 spiro atoms. The zero-order valence-corrected chi connectivity index (χ0v) is 12.9. The molecule has 0 aliphatic carbocycles. The Labute approximate surface area is 118 Å². The van der Waals surface area contributed by atoms with Crippen LogP contribution in [0.4, 0.5) is 5.69 Å². The van der Waals surface area contributed by atoms with Crippen LogP contribution in [0.15, 0.2) is 24.3 Å². The average Bonchev–Trinajstić information content (AvgIpc) is 2.34. The summed E-state index contributed by atoms with van der Waals surface area (Å²) in [6.45, 7) is 7.55. The maximum absolute atomic E-state index is 5.84. The Morgan fingerprint density at radius 3 is 2.16 bits per heavy atom. The van der Waals surface area contributed by atoms with Crippen LogP contribution in [0.1, 0.15) is 25.8 Å². The van der Waals surface area contributed by atoms with E-state index in [0.29, 0.717) is 0 Å². The molecule has 1 aromatic rings. The van der Waals surface area contributed by atoms with Gasteiger partial charge in [0.15, 0.2) is 0 Å². The van der Waals surface area contributed by atoms with Gasteiger partial charge in [0.2, 0.25) is 0 Å². The van der Waals surface area contributed by atoms with E-state index in [1.807, 2.05) is 6.92 Å². The number of likely N-dealkylation sites (N-methyl/N-ethyl adjacent to an activating group) is 1. The predicted molar refractivity (Wildman–Crippen MR) is 84.9 cm³/mol. The molecule has 0 heterocycles. The van der Waals surface area contributed by atoms with Crippen LogP contribution in [0.25, 0.3) is 0 Å². The van der Waals surface area contributed by atoms with E-state index in [1.165, 1.54) is 17.7 Å². The Kier molecular flexibility index (Phi) is 6.89. The van der Waals surface area contributed by atoms with Crippen LogP contribution in [-0.4, -0.2) is 44.7 Å². The van der Waals surface area contributed by atoms with Crippen LogP contribution in [0.3, 0.4) is 0 Å². The summed E-state index contributed by atoms with van der Waals surface area (Å²) in [5, 5.41) is 0. The van der Waals surface area contributed by atoms with E-state index in [-0.39, 0.29) is 6.04 Å². The molecule has 1 unspecified atom stereocenters. The minimum absolute atomic E-state index is 0.228. The van der Waals surface area contributed by atoms with E-state index in [1.54, 1.807) is 0 Å². The lowest BCUT2D eigenvalue weighted by atomic mass is 10.1. The summed E-state index contributed by atoms with van der Waals surface area (Å²) in [7, 11) is 4.24. The second-order valence-corrected chi connectivity index (χ2v) is 5.64. The number of rotatable bonds is 8. The van der Waals surface area contributed by atoms with Gasteiger partial charge >= 0.3 is 0 Å². The molecule has 3 nitrogen and oxygen atoms in total. The van der Waals surface area contributed by atoms with Crippen LogP contribution in [-0.2, 0) is 6.42 Å². The largest absolute Gasteiger partial charge is 0.370 e. The number of hydrogen-bond donors (Lipinski definition) is 1. The van der Waals surface area contributed by atoms with Gasteiger partial charge in [0.25, 0.3) is 0 Å². The average molecular weight is 263 g/mol. The van der Waals surface area contributed by atoms with E-state index in [0.717, 1.165) is 26.1 Å². The lowest BCUT2D eigenvalue weighted by Crippen LogP contribution is -2.32. The van der Waals surface area contributed by atoms with Crippen molar-refractivity contribution in [3.63, 3.8) is 0 Å². The number of hydrogen-bond acceptors (Lipinski definition) is 3. The molecule has 0 saturated carbocycles. The smallest absolute Gasteiger partial charge is 0.0366 e. The van der Waals surface area contributed by atoms with Gasteiger partial charge in [-0.25, -0.2) is 0 Å². The van der Waals surface area contributed by atoms with Crippen LogP contribution < -0.4 is 10.6 Å². The molecule has 0 saturated heterocycles. The van der Waals surface area contributed by atoms with Crippen molar-refractivity contribution in [1.82, 2.24) is 4.90 Å². The Morgan fingerprint density at radius 2 is 1.68 bits per heavy atom. The van der Waals surface area contributed by atoms with Crippen LogP contribution >= 0.6 is 0 Å². The van der Waals surface area contributed by atoms with E-state index in [2.05, 4.69) is 55.1 Å². The van der Waals surface area contributed by atoms with Crippen molar-refractivity contribution in [2.45, 2.75) is 32.7 Å². The fraction of sp³-hybridized carbons (Fsp3) is 0.625. The second-order valence-electron chi connectivity index (χ2n) is 5.64. The third kappa shape index (κ3) is 6.08.